The highest BCUT2D eigenvalue weighted by molar-refractivity contribution is 5.05. The molecule has 0 atom stereocenters. The van der Waals surface area contributed by atoms with Crippen molar-refractivity contribution < 1.29 is 9.47 Å². The van der Waals surface area contributed by atoms with Crippen molar-refractivity contribution in [3.05, 3.63) is 29.6 Å². The molecule has 1 aromatic rings. The van der Waals surface area contributed by atoms with E-state index >= 15 is 0 Å². The minimum atomic E-state index is 0.253. The second kappa shape index (κ2) is 4.24. The second-order valence-electron chi connectivity index (χ2n) is 2.08. The van der Waals surface area contributed by atoms with E-state index in [1.54, 1.807) is 25.1 Å². The van der Waals surface area contributed by atoms with Crippen molar-refractivity contribution in [3.8, 4) is 17.7 Å². The van der Waals surface area contributed by atoms with Crippen LogP contribution in [0.2, 0.25) is 0 Å². The van der Waals surface area contributed by atoms with Gasteiger partial charge in [0.25, 0.3) is 0 Å². The number of hydrogen-bond acceptors (Lipinski definition) is 2. The van der Waals surface area contributed by atoms with Gasteiger partial charge in [-0.3, -0.25) is 0 Å². The maximum absolute atomic E-state index is 11.0. The van der Waals surface area contributed by atoms with Crippen molar-refractivity contribution in [2.75, 3.05) is 6.61 Å². The van der Waals surface area contributed by atoms with Crippen LogP contribution in [0.15, 0.2) is 24.4 Å². The van der Waals surface area contributed by atoms with E-state index in [1.165, 1.54) is 6.20 Å². The molecule has 0 aromatic carbocycles. The van der Waals surface area contributed by atoms with Gasteiger partial charge in [0.15, 0.2) is 12.8 Å². The normalized spacial score (nSPS) is 8.42. The predicted molar refractivity (Wildman–Crippen MR) is 44.3 cm³/mol. The zero-order chi connectivity index (χ0) is 8.81. The van der Waals surface area contributed by atoms with E-state index in [2.05, 4.69) is 11.8 Å². The summed E-state index contributed by atoms with van der Waals surface area (Å²) in [5.74, 6) is 5.65. The molecule has 0 unspecified atom stereocenters. The minimum Gasteiger partial charge on any atom is -0.616 e. The molecule has 3 heteroatoms. The van der Waals surface area contributed by atoms with E-state index < -0.39 is 0 Å². The summed E-state index contributed by atoms with van der Waals surface area (Å²) < 4.78 is 5.72. The van der Waals surface area contributed by atoms with Crippen LogP contribution in [0, 0.1) is 17.0 Å². The van der Waals surface area contributed by atoms with Gasteiger partial charge in [0.2, 0.25) is 0 Å². The average molecular weight is 163 g/mol. The third-order valence-electron chi connectivity index (χ3n) is 1.26. The molecule has 0 aliphatic carbocycles. The van der Waals surface area contributed by atoms with Gasteiger partial charge in [-0.05, 0) is 13.0 Å². The SMILES string of the molecule is CC#CCOc1cccc[n+]1[O-]. The lowest BCUT2D eigenvalue weighted by atomic mass is 10.5. The number of rotatable bonds is 2. The summed E-state index contributed by atoms with van der Waals surface area (Å²) in [4.78, 5) is 0. The Morgan fingerprint density at radius 3 is 3.08 bits per heavy atom. The third-order valence-corrected chi connectivity index (χ3v) is 1.26. The monoisotopic (exact) mass is 163 g/mol. The van der Waals surface area contributed by atoms with Crippen LogP contribution in [0.4, 0.5) is 0 Å². The van der Waals surface area contributed by atoms with Crippen molar-refractivity contribution in [3.63, 3.8) is 0 Å². The molecule has 0 N–H and O–H groups in total. The summed E-state index contributed by atoms with van der Waals surface area (Å²) in [6.45, 7) is 1.97. The molecule has 0 amide bonds. The van der Waals surface area contributed by atoms with Gasteiger partial charge in [-0.1, -0.05) is 5.92 Å². The Morgan fingerprint density at radius 2 is 2.42 bits per heavy atom. The summed E-state index contributed by atoms with van der Waals surface area (Å²) in [5, 5.41) is 11.0. The van der Waals surface area contributed by atoms with Crippen LogP contribution in [-0.4, -0.2) is 6.61 Å². The summed E-state index contributed by atoms with van der Waals surface area (Å²) in [6, 6.07) is 4.98. The minimum absolute atomic E-state index is 0.253. The van der Waals surface area contributed by atoms with Crippen LogP contribution in [0.25, 0.3) is 0 Å². The molecule has 1 aromatic heterocycles. The predicted octanol–water partition coefficient (Wildman–Crippen LogP) is 0.722. The summed E-state index contributed by atoms with van der Waals surface area (Å²) >= 11 is 0. The molecule has 62 valence electrons. The number of hydrogen-bond donors (Lipinski definition) is 0. The van der Waals surface area contributed by atoms with E-state index in [9.17, 15) is 5.21 Å². The quantitative estimate of drug-likeness (QED) is 0.366. The van der Waals surface area contributed by atoms with Crippen LogP contribution in [0.5, 0.6) is 5.88 Å². The molecule has 1 heterocycles. The Morgan fingerprint density at radius 1 is 1.58 bits per heavy atom. The summed E-state index contributed by atoms with van der Waals surface area (Å²) in [7, 11) is 0. The lowest BCUT2D eigenvalue weighted by Crippen LogP contribution is -2.27. The first-order valence-electron chi connectivity index (χ1n) is 3.55. The first kappa shape index (κ1) is 8.41. The molecule has 0 aliphatic rings. The maximum atomic E-state index is 11.0. The van der Waals surface area contributed by atoms with E-state index in [0.29, 0.717) is 4.73 Å². The van der Waals surface area contributed by atoms with Crippen LogP contribution in [0.3, 0.4) is 0 Å². The van der Waals surface area contributed by atoms with Gasteiger partial charge in [0, 0.05) is 6.07 Å². The molecular weight excluding hydrogens is 154 g/mol. The van der Waals surface area contributed by atoms with E-state index in [4.69, 9.17) is 4.74 Å². The van der Waals surface area contributed by atoms with E-state index in [-0.39, 0.29) is 12.5 Å². The van der Waals surface area contributed by atoms with Gasteiger partial charge >= 0.3 is 5.88 Å². The van der Waals surface area contributed by atoms with Gasteiger partial charge in [0.1, 0.15) is 0 Å². The number of aromatic nitrogens is 1. The lowest BCUT2D eigenvalue weighted by molar-refractivity contribution is -0.612. The van der Waals surface area contributed by atoms with Crippen molar-refractivity contribution >= 4 is 0 Å². The molecule has 0 fully saturated rings. The first-order valence-corrected chi connectivity index (χ1v) is 3.55. The molecule has 12 heavy (non-hydrogen) atoms. The lowest BCUT2D eigenvalue weighted by Gasteiger charge is -2.01. The fraction of sp³-hybridized carbons (Fsp3) is 0.222. The fourth-order valence-electron chi connectivity index (χ4n) is 0.707. The third kappa shape index (κ3) is 2.17. The van der Waals surface area contributed by atoms with Gasteiger partial charge < -0.3 is 9.94 Å². The highest BCUT2D eigenvalue weighted by Gasteiger charge is 2.00. The van der Waals surface area contributed by atoms with Gasteiger partial charge in [-0.2, -0.15) is 0 Å². The van der Waals surface area contributed by atoms with Crippen molar-refractivity contribution in [1.82, 2.24) is 0 Å². The molecule has 0 radical (unpaired) electrons. The molecule has 3 nitrogen and oxygen atoms in total. The number of ether oxygens (including phenoxy) is 1. The van der Waals surface area contributed by atoms with E-state index in [0.717, 1.165) is 0 Å². The van der Waals surface area contributed by atoms with Crippen LogP contribution in [-0.2, 0) is 0 Å². The molecule has 0 saturated carbocycles. The van der Waals surface area contributed by atoms with Gasteiger partial charge in [-0.25, -0.2) is 0 Å². The van der Waals surface area contributed by atoms with Crippen LogP contribution in [0.1, 0.15) is 6.92 Å². The van der Waals surface area contributed by atoms with Crippen molar-refractivity contribution in [2.24, 2.45) is 0 Å². The van der Waals surface area contributed by atoms with Crippen LogP contribution >= 0.6 is 0 Å². The average Bonchev–Trinajstić information content (AvgIpc) is 2.09. The molecule has 0 aliphatic heterocycles. The molecule has 0 saturated heterocycles. The van der Waals surface area contributed by atoms with E-state index in [1.807, 2.05) is 0 Å². The fourth-order valence-corrected chi connectivity index (χ4v) is 0.707. The first-order chi connectivity index (χ1) is 5.84. The van der Waals surface area contributed by atoms with Crippen molar-refractivity contribution in [2.45, 2.75) is 6.92 Å². The summed E-state index contributed by atoms with van der Waals surface area (Å²) in [6.07, 6.45) is 1.38. The molecule has 0 spiro atoms. The maximum Gasteiger partial charge on any atom is 0.380 e. The highest BCUT2D eigenvalue weighted by atomic mass is 16.5. The van der Waals surface area contributed by atoms with Gasteiger partial charge in [0.05, 0.1) is 6.07 Å². The van der Waals surface area contributed by atoms with Crippen molar-refractivity contribution in [1.29, 1.82) is 0 Å². The van der Waals surface area contributed by atoms with Gasteiger partial charge in [-0.15, -0.1) is 10.7 Å². The Labute approximate surface area is 71.2 Å². The Balaban J connectivity index is 2.61. The molecule has 1 rings (SSSR count). The smallest absolute Gasteiger partial charge is 0.380 e. The Kier molecular flexibility index (Phi) is 2.97. The second-order valence-corrected chi connectivity index (χ2v) is 2.08. The van der Waals surface area contributed by atoms with Crippen LogP contribution < -0.4 is 9.47 Å². The zero-order valence-corrected chi connectivity index (χ0v) is 6.78. The Bertz CT molecular complexity index is 312. The number of nitrogens with zero attached hydrogens (tertiary/aromatic N) is 1. The molecular formula is C9H9NO2. The Hall–Kier alpha value is -1.69. The topological polar surface area (TPSA) is 36.2 Å². The highest BCUT2D eigenvalue weighted by Crippen LogP contribution is 1.99. The summed E-state index contributed by atoms with van der Waals surface area (Å²) in [5.41, 5.74) is 0. The molecule has 0 bridgehead atoms. The number of pyridine rings is 1. The largest absolute Gasteiger partial charge is 0.616 e. The zero-order valence-electron chi connectivity index (χ0n) is 6.78. The standard InChI is InChI=1S/C9H9NO2/c1-2-3-8-12-9-6-4-5-7-10(9)11/h4-7H,8H2,1H3.